The fourth-order valence-electron chi connectivity index (χ4n) is 2.19. The van der Waals surface area contributed by atoms with Gasteiger partial charge in [0.2, 0.25) is 0 Å². The van der Waals surface area contributed by atoms with E-state index in [1.165, 1.54) is 24.1 Å². The first-order valence-corrected chi connectivity index (χ1v) is 6.73. The molecule has 0 N–H and O–H groups in total. The Morgan fingerprint density at radius 2 is 1.89 bits per heavy atom. The van der Waals surface area contributed by atoms with Crippen LogP contribution in [-0.2, 0) is 4.74 Å². The summed E-state index contributed by atoms with van der Waals surface area (Å²) < 4.78 is 5.32. The maximum absolute atomic E-state index is 5.32. The number of rotatable bonds is 4. The van der Waals surface area contributed by atoms with E-state index in [4.69, 9.17) is 4.74 Å². The third kappa shape index (κ3) is 2.66. The van der Waals surface area contributed by atoms with Crippen molar-refractivity contribution in [3.63, 3.8) is 0 Å². The van der Waals surface area contributed by atoms with E-state index >= 15 is 0 Å². The van der Waals surface area contributed by atoms with Crippen LogP contribution in [0.1, 0.15) is 43.0 Å². The molecule has 1 aliphatic rings. The van der Waals surface area contributed by atoms with Gasteiger partial charge in [-0.15, -0.1) is 0 Å². The van der Waals surface area contributed by atoms with E-state index in [0.717, 1.165) is 11.3 Å². The van der Waals surface area contributed by atoms with Gasteiger partial charge < -0.3 is 4.74 Å². The fraction of sp³-hybridized carbons (Fsp3) is 0.375. The molecule has 3 nitrogen and oxygen atoms in total. The molecule has 1 atom stereocenters. The zero-order chi connectivity index (χ0) is 13.2. The minimum Gasteiger partial charge on any atom is -0.377 e. The van der Waals surface area contributed by atoms with Crippen molar-refractivity contribution in [2.24, 2.45) is 0 Å². The molecule has 1 aromatic heterocycles. The van der Waals surface area contributed by atoms with E-state index in [-0.39, 0.29) is 6.10 Å². The van der Waals surface area contributed by atoms with E-state index in [2.05, 4.69) is 40.3 Å². The molecule has 0 aliphatic heterocycles. The van der Waals surface area contributed by atoms with Crippen molar-refractivity contribution in [3.05, 3.63) is 47.9 Å². The van der Waals surface area contributed by atoms with Crippen LogP contribution in [0.25, 0.3) is 11.3 Å². The highest BCUT2D eigenvalue weighted by molar-refractivity contribution is 5.59. The largest absolute Gasteiger partial charge is 0.377 e. The predicted octanol–water partition coefficient (Wildman–Crippen LogP) is 3.73. The molecule has 1 aromatic carbocycles. The molecular weight excluding hydrogens is 236 g/mol. The molecule has 0 radical (unpaired) electrons. The van der Waals surface area contributed by atoms with Crippen molar-refractivity contribution < 1.29 is 4.74 Å². The van der Waals surface area contributed by atoms with Gasteiger partial charge in [-0.2, -0.15) is 0 Å². The number of benzene rings is 1. The molecule has 1 aliphatic carbocycles. The van der Waals surface area contributed by atoms with Crippen molar-refractivity contribution in [2.45, 2.75) is 31.8 Å². The van der Waals surface area contributed by atoms with Gasteiger partial charge in [0.25, 0.3) is 0 Å². The average molecular weight is 254 g/mol. The summed E-state index contributed by atoms with van der Waals surface area (Å²) in [6.45, 7) is 2.05. The predicted molar refractivity (Wildman–Crippen MR) is 74.9 cm³/mol. The molecule has 98 valence electrons. The lowest BCUT2D eigenvalue weighted by atomic mass is 10.1. The summed E-state index contributed by atoms with van der Waals surface area (Å²) in [4.78, 5) is 8.73. The number of hydrogen-bond donors (Lipinski definition) is 0. The Labute approximate surface area is 113 Å². The van der Waals surface area contributed by atoms with Crippen molar-refractivity contribution in [2.75, 3.05) is 7.11 Å². The summed E-state index contributed by atoms with van der Waals surface area (Å²) in [6, 6.07) is 10.5. The van der Waals surface area contributed by atoms with Crippen LogP contribution >= 0.6 is 0 Å². The van der Waals surface area contributed by atoms with Gasteiger partial charge in [0.1, 0.15) is 6.33 Å². The molecular formula is C16H18N2O. The van der Waals surface area contributed by atoms with Gasteiger partial charge >= 0.3 is 0 Å². The lowest BCUT2D eigenvalue weighted by Crippen LogP contribution is -1.96. The monoisotopic (exact) mass is 254 g/mol. The van der Waals surface area contributed by atoms with E-state index in [9.17, 15) is 0 Å². The first-order chi connectivity index (χ1) is 9.28. The maximum Gasteiger partial charge on any atom is 0.116 e. The second-order valence-corrected chi connectivity index (χ2v) is 5.10. The Bertz CT molecular complexity index is 561. The van der Waals surface area contributed by atoms with Crippen LogP contribution in [0.3, 0.4) is 0 Å². The molecule has 19 heavy (non-hydrogen) atoms. The zero-order valence-electron chi connectivity index (χ0n) is 11.3. The molecule has 0 bridgehead atoms. The van der Waals surface area contributed by atoms with Gasteiger partial charge in [-0.3, -0.25) is 0 Å². The van der Waals surface area contributed by atoms with E-state index in [1.54, 1.807) is 13.4 Å². The Balaban J connectivity index is 1.87. The molecule has 1 fully saturated rings. The molecule has 1 saturated carbocycles. The normalized spacial score (nSPS) is 16.3. The minimum absolute atomic E-state index is 0.126. The number of methoxy groups -OCH3 is 1. The smallest absolute Gasteiger partial charge is 0.116 e. The highest BCUT2D eigenvalue weighted by Crippen LogP contribution is 2.39. The zero-order valence-corrected chi connectivity index (χ0v) is 11.3. The average Bonchev–Trinajstić information content (AvgIpc) is 3.31. The van der Waals surface area contributed by atoms with Gasteiger partial charge in [-0.25, -0.2) is 9.97 Å². The summed E-state index contributed by atoms with van der Waals surface area (Å²) in [5.41, 5.74) is 4.51. The van der Waals surface area contributed by atoms with Crippen LogP contribution in [0.15, 0.2) is 36.7 Å². The lowest BCUT2D eigenvalue weighted by molar-refractivity contribution is 0.119. The van der Waals surface area contributed by atoms with Crippen molar-refractivity contribution in [3.8, 4) is 11.3 Å². The third-order valence-electron chi connectivity index (χ3n) is 3.71. The highest BCUT2D eigenvalue weighted by atomic mass is 16.5. The van der Waals surface area contributed by atoms with Gasteiger partial charge in [0, 0.05) is 24.3 Å². The molecule has 3 rings (SSSR count). The minimum atomic E-state index is 0.126. The maximum atomic E-state index is 5.32. The summed E-state index contributed by atoms with van der Waals surface area (Å²) in [5, 5.41) is 0. The van der Waals surface area contributed by atoms with Gasteiger partial charge in [0.15, 0.2) is 0 Å². The fourth-order valence-corrected chi connectivity index (χ4v) is 2.19. The third-order valence-corrected chi connectivity index (χ3v) is 3.71. The molecule has 0 saturated heterocycles. The van der Waals surface area contributed by atoms with Crippen LogP contribution in [0.4, 0.5) is 0 Å². The van der Waals surface area contributed by atoms with Crippen LogP contribution in [0.2, 0.25) is 0 Å². The topological polar surface area (TPSA) is 35.0 Å². The van der Waals surface area contributed by atoms with E-state index in [0.29, 0.717) is 5.92 Å². The van der Waals surface area contributed by atoms with Crippen molar-refractivity contribution in [1.82, 2.24) is 9.97 Å². The number of nitrogens with zero attached hydrogens (tertiary/aromatic N) is 2. The highest BCUT2D eigenvalue weighted by Gasteiger charge is 2.25. The summed E-state index contributed by atoms with van der Waals surface area (Å²) in [7, 11) is 1.73. The van der Waals surface area contributed by atoms with E-state index in [1.807, 2.05) is 6.92 Å². The number of ether oxygens (including phenoxy) is 1. The first kappa shape index (κ1) is 12.3. The second-order valence-electron chi connectivity index (χ2n) is 5.10. The molecule has 1 unspecified atom stereocenters. The van der Waals surface area contributed by atoms with E-state index < -0.39 is 0 Å². The molecule has 0 amide bonds. The van der Waals surface area contributed by atoms with Gasteiger partial charge in [-0.1, -0.05) is 24.3 Å². The summed E-state index contributed by atoms with van der Waals surface area (Å²) in [5.74, 6) is 0.662. The van der Waals surface area contributed by atoms with Crippen LogP contribution in [-0.4, -0.2) is 17.1 Å². The molecule has 2 aromatic rings. The number of hydrogen-bond acceptors (Lipinski definition) is 3. The SMILES string of the molecule is COC(C)c1ccc(-c2cc(C3CC3)ncn2)cc1. The Morgan fingerprint density at radius 3 is 2.53 bits per heavy atom. The Hall–Kier alpha value is -1.74. The Kier molecular flexibility index (Phi) is 3.30. The number of aromatic nitrogens is 2. The Morgan fingerprint density at radius 1 is 1.16 bits per heavy atom. The van der Waals surface area contributed by atoms with Crippen LogP contribution < -0.4 is 0 Å². The first-order valence-electron chi connectivity index (χ1n) is 6.73. The molecule has 0 spiro atoms. The van der Waals surface area contributed by atoms with Crippen molar-refractivity contribution >= 4 is 0 Å². The van der Waals surface area contributed by atoms with Crippen molar-refractivity contribution in [1.29, 1.82) is 0 Å². The van der Waals surface area contributed by atoms with Crippen LogP contribution in [0, 0.1) is 0 Å². The lowest BCUT2D eigenvalue weighted by Gasteiger charge is -2.10. The quantitative estimate of drug-likeness (QED) is 0.834. The second kappa shape index (κ2) is 5.10. The molecule has 1 heterocycles. The summed E-state index contributed by atoms with van der Waals surface area (Å²) >= 11 is 0. The van der Waals surface area contributed by atoms with Gasteiger partial charge in [-0.05, 0) is 31.4 Å². The molecule has 3 heteroatoms. The van der Waals surface area contributed by atoms with Crippen LogP contribution in [0.5, 0.6) is 0 Å². The van der Waals surface area contributed by atoms with Gasteiger partial charge in [0.05, 0.1) is 11.8 Å². The standard InChI is InChI=1S/C16H18N2O/c1-11(19-2)12-3-5-13(6-4-12)15-9-16(14-7-8-14)18-10-17-15/h3-6,9-11,14H,7-8H2,1-2H3. The summed E-state index contributed by atoms with van der Waals surface area (Å²) in [6.07, 6.45) is 4.33.